The zero-order valence-corrected chi connectivity index (χ0v) is 17.5. The van der Waals surface area contributed by atoms with Gasteiger partial charge in [-0.15, -0.1) is 0 Å². The summed E-state index contributed by atoms with van der Waals surface area (Å²) in [5, 5.41) is 9.01. The maximum absolute atomic E-state index is 9.01. The molecule has 142 valence electrons. The summed E-state index contributed by atoms with van der Waals surface area (Å²) in [5.74, 6) is 0.701. The van der Waals surface area contributed by atoms with Gasteiger partial charge in [0.1, 0.15) is 0 Å². The van der Waals surface area contributed by atoms with Crippen LogP contribution in [0.1, 0.15) is 50.8 Å². The molecule has 2 nitrogen and oxygen atoms in total. The summed E-state index contributed by atoms with van der Waals surface area (Å²) in [6.07, 6.45) is 3.16. The first-order valence-electron chi connectivity index (χ1n) is 10.1. The standard InChI is InChI=1S/C24H22N2.C2H6/c1-16-4-11-23(26-15-16)21-12-20(19-7-5-18(14-25)6-8-19)9-10-22(21)24(3)13-17(24)2;1-2/h4-12,15,17H,13H2,1-3H3;1-2H3. The number of pyridine rings is 1. The number of rotatable bonds is 3. The molecule has 28 heavy (non-hydrogen) atoms. The molecule has 1 aliphatic carbocycles. The fourth-order valence-electron chi connectivity index (χ4n) is 3.75. The van der Waals surface area contributed by atoms with Gasteiger partial charge in [-0.1, -0.05) is 58.0 Å². The van der Waals surface area contributed by atoms with Crippen molar-refractivity contribution in [3.8, 4) is 28.5 Å². The smallest absolute Gasteiger partial charge is 0.0991 e. The minimum absolute atomic E-state index is 0.241. The molecule has 0 spiro atoms. The fraction of sp³-hybridized carbons (Fsp3) is 0.308. The third kappa shape index (κ3) is 3.71. The molecule has 2 aromatic carbocycles. The third-order valence-corrected chi connectivity index (χ3v) is 5.83. The first-order chi connectivity index (χ1) is 13.5. The molecule has 0 N–H and O–H groups in total. The molecule has 3 aromatic rings. The summed E-state index contributed by atoms with van der Waals surface area (Å²) in [7, 11) is 0. The predicted octanol–water partition coefficient (Wildman–Crippen LogP) is 6.92. The summed E-state index contributed by atoms with van der Waals surface area (Å²) in [6, 6.07) is 20.9. The molecule has 2 atom stereocenters. The van der Waals surface area contributed by atoms with Gasteiger partial charge in [-0.05, 0) is 71.2 Å². The van der Waals surface area contributed by atoms with Gasteiger partial charge in [-0.2, -0.15) is 5.26 Å². The largest absolute Gasteiger partial charge is 0.256 e. The topological polar surface area (TPSA) is 36.7 Å². The molecule has 0 aliphatic heterocycles. The molecule has 1 aromatic heterocycles. The molecule has 0 saturated heterocycles. The molecule has 1 heterocycles. The number of hydrogen-bond donors (Lipinski definition) is 0. The van der Waals surface area contributed by atoms with E-state index in [-0.39, 0.29) is 5.41 Å². The number of hydrogen-bond acceptors (Lipinski definition) is 2. The van der Waals surface area contributed by atoms with E-state index in [4.69, 9.17) is 10.2 Å². The first kappa shape index (κ1) is 19.8. The van der Waals surface area contributed by atoms with Crippen LogP contribution < -0.4 is 0 Å². The summed E-state index contributed by atoms with van der Waals surface area (Å²) < 4.78 is 0. The van der Waals surface area contributed by atoms with E-state index in [1.54, 1.807) is 0 Å². The highest BCUT2D eigenvalue weighted by molar-refractivity contribution is 5.75. The van der Waals surface area contributed by atoms with Crippen LogP contribution in [0.5, 0.6) is 0 Å². The molecule has 2 unspecified atom stereocenters. The van der Waals surface area contributed by atoms with Crippen molar-refractivity contribution in [1.29, 1.82) is 5.26 Å². The van der Waals surface area contributed by atoms with Crippen LogP contribution in [0.3, 0.4) is 0 Å². The monoisotopic (exact) mass is 368 g/mol. The highest BCUT2D eigenvalue weighted by Crippen LogP contribution is 2.56. The van der Waals surface area contributed by atoms with Gasteiger partial charge in [0.15, 0.2) is 0 Å². The minimum atomic E-state index is 0.241. The van der Waals surface area contributed by atoms with Crippen molar-refractivity contribution in [2.45, 2.75) is 46.5 Å². The van der Waals surface area contributed by atoms with Gasteiger partial charge in [0, 0.05) is 11.8 Å². The van der Waals surface area contributed by atoms with E-state index in [1.807, 2.05) is 44.3 Å². The van der Waals surface area contributed by atoms with Gasteiger partial charge in [-0.25, -0.2) is 0 Å². The Hall–Kier alpha value is -2.92. The van der Waals surface area contributed by atoms with E-state index in [0.29, 0.717) is 11.5 Å². The molecule has 2 heteroatoms. The van der Waals surface area contributed by atoms with Crippen LogP contribution in [0.15, 0.2) is 60.8 Å². The Morgan fingerprint density at radius 3 is 2.18 bits per heavy atom. The number of nitriles is 1. The van der Waals surface area contributed by atoms with E-state index in [0.717, 1.165) is 16.8 Å². The van der Waals surface area contributed by atoms with Crippen molar-refractivity contribution in [2.24, 2.45) is 5.92 Å². The molecule has 1 aliphatic rings. The van der Waals surface area contributed by atoms with Gasteiger partial charge in [0.05, 0.1) is 17.3 Å². The van der Waals surface area contributed by atoms with Gasteiger partial charge in [0.2, 0.25) is 0 Å². The number of nitrogens with zero attached hydrogens (tertiary/aromatic N) is 2. The molecule has 0 radical (unpaired) electrons. The number of aromatic nitrogens is 1. The Bertz CT molecular complexity index is 994. The van der Waals surface area contributed by atoms with Crippen LogP contribution in [-0.2, 0) is 5.41 Å². The maximum Gasteiger partial charge on any atom is 0.0991 e. The summed E-state index contributed by atoms with van der Waals surface area (Å²) >= 11 is 0. The number of benzene rings is 2. The highest BCUT2D eigenvalue weighted by atomic mass is 14.7. The average molecular weight is 369 g/mol. The summed E-state index contributed by atoms with van der Waals surface area (Å²) in [6.45, 7) is 10.7. The zero-order valence-electron chi connectivity index (χ0n) is 17.5. The highest BCUT2D eigenvalue weighted by Gasteiger charge is 2.49. The van der Waals surface area contributed by atoms with Crippen LogP contribution in [0.4, 0.5) is 0 Å². The Labute approximate surface area is 168 Å². The lowest BCUT2D eigenvalue weighted by Gasteiger charge is -2.18. The quantitative estimate of drug-likeness (QED) is 0.503. The van der Waals surface area contributed by atoms with Gasteiger partial charge in [-0.3, -0.25) is 4.98 Å². The van der Waals surface area contributed by atoms with Crippen molar-refractivity contribution in [3.63, 3.8) is 0 Å². The van der Waals surface area contributed by atoms with E-state index >= 15 is 0 Å². The molecular formula is C26H28N2. The molecule has 0 amide bonds. The minimum Gasteiger partial charge on any atom is -0.256 e. The van der Waals surface area contributed by atoms with Crippen LogP contribution in [0, 0.1) is 24.2 Å². The number of aryl methyl sites for hydroxylation is 1. The lowest BCUT2D eigenvalue weighted by molar-refractivity contribution is 0.703. The third-order valence-electron chi connectivity index (χ3n) is 5.83. The van der Waals surface area contributed by atoms with Crippen LogP contribution in [0.2, 0.25) is 0 Å². The lowest BCUT2D eigenvalue weighted by atomic mass is 9.87. The van der Waals surface area contributed by atoms with Crippen molar-refractivity contribution in [2.75, 3.05) is 0 Å². The average Bonchev–Trinajstić information content (AvgIpc) is 3.37. The zero-order chi connectivity index (χ0) is 20.3. The van der Waals surface area contributed by atoms with E-state index in [9.17, 15) is 0 Å². The molecule has 1 saturated carbocycles. The van der Waals surface area contributed by atoms with Crippen LogP contribution in [-0.4, -0.2) is 4.98 Å². The molecule has 4 rings (SSSR count). The summed E-state index contributed by atoms with van der Waals surface area (Å²) in [5.41, 5.74) is 8.02. The Morgan fingerprint density at radius 2 is 1.64 bits per heavy atom. The predicted molar refractivity (Wildman–Crippen MR) is 117 cm³/mol. The van der Waals surface area contributed by atoms with Crippen LogP contribution >= 0.6 is 0 Å². The molecular weight excluding hydrogens is 340 g/mol. The van der Waals surface area contributed by atoms with E-state index < -0.39 is 0 Å². The Morgan fingerprint density at radius 1 is 1.00 bits per heavy atom. The van der Waals surface area contributed by atoms with E-state index in [2.05, 4.69) is 57.2 Å². The molecule has 0 bridgehead atoms. The lowest BCUT2D eigenvalue weighted by Crippen LogP contribution is -2.06. The first-order valence-corrected chi connectivity index (χ1v) is 10.1. The molecule has 1 fully saturated rings. The Kier molecular flexibility index (Phi) is 5.66. The fourth-order valence-corrected chi connectivity index (χ4v) is 3.75. The van der Waals surface area contributed by atoms with Gasteiger partial charge < -0.3 is 0 Å². The van der Waals surface area contributed by atoms with Crippen molar-refractivity contribution >= 4 is 0 Å². The van der Waals surface area contributed by atoms with Gasteiger partial charge >= 0.3 is 0 Å². The van der Waals surface area contributed by atoms with Gasteiger partial charge in [0.25, 0.3) is 0 Å². The van der Waals surface area contributed by atoms with Crippen molar-refractivity contribution < 1.29 is 0 Å². The SMILES string of the molecule is CC.Cc1ccc(-c2cc(-c3ccc(C#N)cc3)ccc2C2(C)CC2C)nc1. The second-order valence-corrected chi connectivity index (χ2v) is 7.69. The van der Waals surface area contributed by atoms with E-state index in [1.165, 1.54) is 23.1 Å². The second kappa shape index (κ2) is 7.98. The normalized spacial score (nSPS) is 19.9. The summed E-state index contributed by atoms with van der Waals surface area (Å²) in [4.78, 5) is 4.69. The Balaban J connectivity index is 0.00000109. The van der Waals surface area contributed by atoms with Crippen molar-refractivity contribution in [1.82, 2.24) is 4.98 Å². The van der Waals surface area contributed by atoms with Crippen LogP contribution in [0.25, 0.3) is 22.4 Å². The second-order valence-electron chi connectivity index (χ2n) is 7.69. The maximum atomic E-state index is 9.01. The van der Waals surface area contributed by atoms with Crippen molar-refractivity contribution in [3.05, 3.63) is 77.5 Å².